The summed E-state index contributed by atoms with van der Waals surface area (Å²) >= 11 is 3.23. The number of thioether (sulfide) groups is 1. The molecule has 2 N–H and O–H groups in total. The second kappa shape index (κ2) is 10.6. The molecule has 0 saturated heterocycles. The van der Waals surface area contributed by atoms with Gasteiger partial charge in [0.1, 0.15) is 5.52 Å². The number of hydrogen-bond donors (Lipinski definition) is 2. The van der Waals surface area contributed by atoms with Gasteiger partial charge in [-0.25, -0.2) is 15.0 Å². The van der Waals surface area contributed by atoms with Crippen LogP contribution in [-0.2, 0) is 6.42 Å². The van der Waals surface area contributed by atoms with Gasteiger partial charge in [0.15, 0.2) is 20.9 Å². The van der Waals surface area contributed by atoms with Crippen LogP contribution < -0.4 is 10.6 Å². The van der Waals surface area contributed by atoms with Crippen molar-refractivity contribution >= 4 is 55.8 Å². The summed E-state index contributed by atoms with van der Waals surface area (Å²) in [5.41, 5.74) is 4.17. The number of hydrogen-bond acceptors (Lipinski definition) is 7. The van der Waals surface area contributed by atoms with Crippen LogP contribution in [-0.4, -0.2) is 20.7 Å². The van der Waals surface area contributed by atoms with Crippen molar-refractivity contribution in [1.29, 1.82) is 0 Å². The zero-order valence-corrected chi connectivity index (χ0v) is 19.5. The average Bonchev–Trinajstić information content (AvgIpc) is 3.20. The summed E-state index contributed by atoms with van der Waals surface area (Å²) in [7, 11) is 0. The Kier molecular flexibility index (Phi) is 7.38. The largest absolute Gasteiger partial charge is 0.338 e. The van der Waals surface area contributed by atoms with E-state index >= 15 is 0 Å². The molecule has 0 atom stereocenters. The number of anilines is 4. The van der Waals surface area contributed by atoms with Crippen molar-refractivity contribution in [1.82, 2.24) is 15.0 Å². The standard InChI is InChI=1S/C24H27N5S2/c1-3-5-9-17-12-14-19(15-13-17)25-21-20-22(29-23(28-21)30-16-4-2)31-24(27-20)26-18-10-7-6-8-11-18/h6-8,10-15H,3-5,9,16H2,1-2H3,(H,26,27)(H,25,28,29). The van der Waals surface area contributed by atoms with Crippen LogP contribution in [0.25, 0.3) is 10.3 Å². The molecule has 7 heteroatoms. The lowest BCUT2D eigenvalue weighted by Gasteiger charge is -2.09. The lowest BCUT2D eigenvalue weighted by molar-refractivity contribution is 0.795. The van der Waals surface area contributed by atoms with Gasteiger partial charge in [-0.15, -0.1) is 0 Å². The van der Waals surface area contributed by atoms with E-state index in [0.29, 0.717) is 0 Å². The number of fused-ring (bicyclic) bond motifs is 1. The first kappa shape index (κ1) is 21.6. The molecular weight excluding hydrogens is 422 g/mol. The van der Waals surface area contributed by atoms with Crippen molar-refractivity contribution in [2.45, 2.75) is 44.7 Å². The third-order valence-electron chi connectivity index (χ3n) is 4.73. The third-order valence-corrected chi connectivity index (χ3v) is 6.65. The lowest BCUT2D eigenvalue weighted by Crippen LogP contribution is -1.99. The molecule has 0 unspecified atom stereocenters. The highest BCUT2D eigenvalue weighted by Crippen LogP contribution is 2.33. The molecule has 4 rings (SSSR count). The summed E-state index contributed by atoms with van der Waals surface area (Å²) in [5.74, 6) is 1.74. The fourth-order valence-corrected chi connectivity index (χ4v) is 4.73. The number of nitrogens with one attached hydrogen (secondary N) is 2. The van der Waals surface area contributed by atoms with Gasteiger partial charge in [-0.1, -0.05) is 73.7 Å². The molecule has 31 heavy (non-hydrogen) atoms. The van der Waals surface area contributed by atoms with E-state index < -0.39 is 0 Å². The maximum absolute atomic E-state index is 4.79. The quantitative estimate of drug-likeness (QED) is 0.194. The Morgan fingerprint density at radius 3 is 2.35 bits per heavy atom. The first-order valence-corrected chi connectivity index (χ1v) is 12.5. The molecule has 0 bridgehead atoms. The van der Waals surface area contributed by atoms with Gasteiger partial charge < -0.3 is 10.6 Å². The van der Waals surface area contributed by atoms with Crippen LogP contribution in [0.2, 0.25) is 0 Å². The number of unbranched alkanes of at least 4 members (excludes halogenated alkanes) is 1. The van der Waals surface area contributed by atoms with Crippen molar-refractivity contribution in [2.24, 2.45) is 0 Å². The second-order valence-corrected chi connectivity index (χ2v) is 9.33. The molecule has 4 aromatic rings. The Labute approximate surface area is 191 Å². The molecule has 0 aliphatic heterocycles. The number of thiazole rings is 1. The molecule has 0 radical (unpaired) electrons. The van der Waals surface area contributed by atoms with E-state index in [1.54, 1.807) is 23.1 Å². The van der Waals surface area contributed by atoms with Gasteiger partial charge in [-0.05, 0) is 49.1 Å². The highest BCUT2D eigenvalue weighted by molar-refractivity contribution is 7.99. The molecule has 0 aliphatic rings. The van der Waals surface area contributed by atoms with Gasteiger partial charge in [0.2, 0.25) is 0 Å². The van der Waals surface area contributed by atoms with Crippen LogP contribution in [0.15, 0.2) is 59.8 Å². The van der Waals surface area contributed by atoms with E-state index in [2.05, 4.69) is 48.7 Å². The van der Waals surface area contributed by atoms with Gasteiger partial charge in [0.25, 0.3) is 0 Å². The monoisotopic (exact) mass is 449 g/mol. The fourth-order valence-electron chi connectivity index (χ4n) is 3.12. The average molecular weight is 450 g/mol. The summed E-state index contributed by atoms with van der Waals surface area (Å²) < 4.78 is 0. The topological polar surface area (TPSA) is 62.7 Å². The molecule has 0 spiro atoms. The van der Waals surface area contributed by atoms with Crippen LogP contribution in [0.5, 0.6) is 0 Å². The number of aryl methyl sites for hydroxylation is 1. The van der Waals surface area contributed by atoms with Crippen LogP contribution in [0.3, 0.4) is 0 Å². The molecular formula is C24H27N5S2. The van der Waals surface area contributed by atoms with E-state index in [4.69, 9.17) is 15.0 Å². The van der Waals surface area contributed by atoms with Gasteiger partial charge in [-0.3, -0.25) is 0 Å². The summed E-state index contributed by atoms with van der Waals surface area (Å²) in [4.78, 5) is 15.2. The highest BCUT2D eigenvalue weighted by atomic mass is 32.2. The van der Waals surface area contributed by atoms with Crippen molar-refractivity contribution < 1.29 is 0 Å². The van der Waals surface area contributed by atoms with Gasteiger partial charge in [-0.2, -0.15) is 0 Å². The first-order chi connectivity index (χ1) is 15.2. The SMILES string of the molecule is CCCCc1ccc(Nc2nc(SCCC)nc3sc(Nc4ccccc4)nc23)cc1. The van der Waals surface area contributed by atoms with E-state index in [1.807, 2.05) is 30.3 Å². The maximum atomic E-state index is 4.79. The summed E-state index contributed by atoms with van der Waals surface area (Å²) in [6.07, 6.45) is 4.62. The molecule has 0 saturated carbocycles. The van der Waals surface area contributed by atoms with E-state index in [1.165, 1.54) is 18.4 Å². The molecule has 0 aliphatic carbocycles. The number of rotatable bonds is 10. The lowest BCUT2D eigenvalue weighted by atomic mass is 10.1. The zero-order valence-electron chi connectivity index (χ0n) is 17.9. The second-order valence-electron chi connectivity index (χ2n) is 7.29. The van der Waals surface area contributed by atoms with Crippen molar-refractivity contribution in [3.8, 4) is 0 Å². The molecule has 2 aromatic carbocycles. The van der Waals surface area contributed by atoms with Crippen molar-refractivity contribution in [3.05, 3.63) is 60.2 Å². The Morgan fingerprint density at radius 1 is 0.839 bits per heavy atom. The molecule has 0 amide bonds. The minimum Gasteiger partial charge on any atom is -0.338 e. The Bertz CT molecular complexity index is 1110. The Morgan fingerprint density at radius 2 is 1.61 bits per heavy atom. The van der Waals surface area contributed by atoms with Crippen LogP contribution >= 0.6 is 23.1 Å². The summed E-state index contributed by atoms with van der Waals surface area (Å²) in [6.45, 7) is 4.39. The first-order valence-electron chi connectivity index (χ1n) is 10.7. The van der Waals surface area contributed by atoms with Crippen LogP contribution in [0, 0.1) is 0 Å². The Balaban J connectivity index is 1.63. The smallest absolute Gasteiger partial charge is 0.191 e. The van der Waals surface area contributed by atoms with Gasteiger partial charge in [0.05, 0.1) is 0 Å². The zero-order chi connectivity index (χ0) is 21.5. The van der Waals surface area contributed by atoms with Crippen LogP contribution in [0.4, 0.5) is 22.3 Å². The van der Waals surface area contributed by atoms with E-state index in [0.717, 1.165) is 56.4 Å². The van der Waals surface area contributed by atoms with E-state index in [-0.39, 0.29) is 0 Å². The number of benzene rings is 2. The van der Waals surface area contributed by atoms with Gasteiger partial charge in [0, 0.05) is 17.1 Å². The molecule has 5 nitrogen and oxygen atoms in total. The predicted molar refractivity (Wildman–Crippen MR) is 134 cm³/mol. The molecule has 2 aromatic heterocycles. The normalized spacial score (nSPS) is 11.0. The number of para-hydroxylation sites is 1. The van der Waals surface area contributed by atoms with Crippen molar-refractivity contribution in [2.75, 3.05) is 16.4 Å². The minimum absolute atomic E-state index is 0.752. The Hall–Kier alpha value is -2.64. The number of aromatic nitrogens is 3. The predicted octanol–water partition coefficient (Wildman–Crippen LogP) is 7.42. The minimum atomic E-state index is 0.752. The fraction of sp³-hybridized carbons (Fsp3) is 0.292. The van der Waals surface area contributed by atoms with E-state index in [9.17, 15) is 0 Å². The van der Waals surface area contributed by atoms with Gasteiger partial charge >= 0.3 is 0 Å². The highest BCUT2D eigenvalue weighted by Gasteiger charge is 2.14. The summed E-state index contributed by atoms with van der Waals surface area (Å²) in [6, 6.07) is 18.7. The van der Waals surface area contributed by atoms with Crippen LogP contribution in [0.1, 0.15) is 38.7 Å². The van der Waals surface area contributed by atoms with Crippen molar-refractivity contribution in [3.63, 3.8) is 0 Å². The molecule has 0 fully saturated rings. The number of nitrogens with zero attached hydrogens (tertiary/aromatic N) is 3. The third kappa shape index (κ3) is 5.74. The summed E-state index contributed by atoms with van der Waals surface area (Å²) in [5, 5.41) is 8.45. The molecule has 160 valence electrons. The molecule has 2 heterocycles. The maximum Gasteiger partial charge on any atom is 0.191 e.